The minimum absolute atomic E-state index is 0.100. The van der Waals surface area contributed by atoms with Crippen molar-refractivity contribution in [2.75, 3.05) is 0 Å². The average molecular weight is 233 g/mol. The lowest BCUT2D eigenvalue weighted by atomic mass is 10.1. The molecule has 0 amide bonds. The lowest BCUT2D eigenvalue weighted by Gasteiger charge is -2.04. The molecule has 2 rings (SSSR count). The molecule has 90 valence electrons. The Bertz CT molecular complexity index is 497. The molecule has 2 nitrogen and oxygen atoms in total. The number of rotatable bonds is 1. The first-order valence-electron chi connectivity index (χ1n) is 5.59. The van der Waals surface area contributed by atoms with Crippen molar-refractivity contribution in [2.24, 2.45) is 0 Å². The molecule has 0 aliphatic rings. The molecule has 0 atom stereocenters. The second-order valence-electron chi connectivity index (χ2n) is 3.34. The van der Waals surface area contributed by atoms with Crippen molar-refractivity contribution >= 4 is 0 Å². The highest BCUT2D eigenvalue weighted by Gasteiger charge is 2.06. The zero-order valence-electron chi connectivity index (χ0n) is 10.2. The fourth-order valence-electron chi connectivity index (χ4n) is 1.41. The summed E-state index contributed by atoms with van der Waals surface area (Å²) in [5.74, 6) is -0.155. The second-order valence-corrected chi connectivity index (χ2v) is 3.34. The van der Waals surface area contributed by atoms with E-state index in [1.54, 1.807) is 37.4 Å². The van der Waals surface area contributed by atoms with Gasteiger partial charge in [-0.05, 0) is 42.8 Å². The molecule has 17 heavy (non-hydrogen) atoms. The molecule has 3 heteroatoms. The molecule has 0 saturated carbocycles. The number of aryl methyl sites for hydroxylation is 1. The SMILES string of the molecule is CC.Cc1cc(-c2ncccc2O)ccc1F. The van der Waals surface area contributed by atoms with E-state index in [2.05, 4.69) is 4.98 Å². The quantitative estimate of drug-likeness (QED) is 0.809. The van der Waals surface area contributed by atoms with Gasteiger partial charge in [0.2, 0.25) is 0 Å². The lowest BCUT2D eigenvalue weighted by Crippen LogP contribution is -1.87. The molecule has 1 heterocycles. The molecule has 0 spiro atoms. The smallest absolute Gasteiger partial charge is 0.141 e. The third-order valence-electron chi connectivity index (χ3n) is 2.22. The van der Waals surface area contributed by atoms with Gasteiger partial charge in [-0.1, -0.05) is 13.8 Å². The van der Waals surface area contributed by atoms with E-state index >= 15 is 0 Å². The van der Waals surface area contributed by atoms with Crippen LogP contribution in [-0.4, -0.2) is 10.1 Å². The van der Waals surface area contributed by atoms with Gasteiger partial charge in [-0.3, -0.25) is 4.98 Å². The summed E-state index contributed by atoms with van der Waals surface area (Å²) in [6, 6.07) is 7.84. The van der Waals surface area contributed by atoms with Crippen molar-refractivity contribution in [1.29, 1.82) is 0 Å². The molecule has 0 radical (unpaired) electrons. The summed E-state index contributed by atoms with van der Waals surface area (Å²) in [4.78, 5) is 4.05. The molecule has 0 bridgehead atoms. The number of hydrogen-bond donors (Lipinski definition) is 1. The van der Waals surface area contributed by atoms with Gasteiger partial charge in [0, 0.05) is 11.8 Å². The van der Waals surface area contributed by atoms with Gasteiger partial charge in [-0.25, -0.2) is 4.39 Å². The summed E-state index contributed by atoms with van der Waals surface area (Å²) in [6.45, 7) is 5.68. The third kappa shape index (κ3) is 3.03. The zero-order valence-corrected chi connectivity index (χ0v) is 10.2. The van der Waals surface area contributed by atoms with Crippen LogP contribution in [0.4, 0.5) is 4.39 Å². The summed E-state index contributed by atoms with van der Waals surface area (Å²) in [7, 11) is 0. The van der Waals surface area contributed by atoms with Crippen molar-refractivity contribution in [3.63, 3.8) is 0 Å². The molecule has 1 N–H and O–H groups in total. The number of hydrogen-bond acceptors (Lipinski definition) is 2. The summed E-state index contributed by atoms with van der Waals surface area (Å²) < 4.78 is 13.0. The van der Waals surface area contributed by atoms with E-state index in [4.69, 9.17) is 0 Å². The molecule has 0 saturated heterocycles. The summed E-state index contributed by atoms with van der Waals surface area (Å²) in [5, 5.41) is 9.57. The van der Waals surface area contributed by atoms with Crippen molar-refractivity contribution in [2.45, 2.75) is 20.8 Å². The largest absolute Gasteiger partial charge is 0.506 e. The van der Waals surface area contributed by atoms with E-state index in [9.17, 15) is 9.50 Å². The predicted molar refractivity (Wildman–Crippen MR) is 67.4 cm³/mol. The van der Waals surface area contributed by atoms with Crippen LogP contribution >= 0.6 is 0 Å². The van der Waals surface area contributed by atoms with Crippen LogP contribution in [0.1, 0.15) is 19.4 Å². The van der Waals surface area contributed by atoms with Crippen LogP contribution in [0.25, 0.3) is 11.3 Å². The number of aromatic nitrogens is 1. The second kappa shape index (κ2) is 5.99. The van der Waals surface area contributed by atoms with Crippen LogP contribution in [0.2, 0.25) is 0 Å². The minimum Gasteiger partial charge on any atom is -0.506 e. The number of halogens is 1. The lowest BCUT2D eigenvalue weighted by molar-refractivity contribution is 0.475. The number of pyridine rings is 1. The van der Waals surface area contributed by atoms with Gasteiger partial charge in [-0.2, -0.15) is 0 Å². The van der Waals surface area contributed by atoms with Crippen LogP contribution in [-0.2, 0) is 0 Å². The van der Waals surface area contributed by atoms with Gasteiger partial charge in [0.05, 0.1) is 0 Å². The first-order valence-corrected chi connectivity index (χ1v) is 5.59. The Hall–Kier alpha value is -1.90. The molecule has 1 aromatic heterocycles. The maximum atomic E-state index is 13.0. The normalized spacial score (nSPS) is 9.41. The van der Waals surface area contributed by atoms with Gasteiger partial charge in [0.1, 0.15) is 17.3 Å². The average Bonchev–Trinajstić information content (AvgIpc) is 2.36. The molecular formula is C14H16FNO. The Balaban J connectivity index is 0.000000686. The maximum Gasteiger partial charge on any atom is 0.141 e. The van der Waals surface area contributed by atoms with E-state index in [0.717, 1.165) is 0 Å². The molecular weight excluding hydrogens is 217 g/mol. The van der Waals surface area contributed by atoms with Gasteiger partial charge in [-0.15, -0.1) is 0 Å². The fourth-order valence-corrected chi connectivity index (χ4v) is 1.41. The maximum absolute atomic E-state index is 13.0. The zero-order chi connectivity index (χ0) is 12.8. The molecule has 1 aromatic carbocycles. The van der Waals surface area contributed by atoms with Crippen molar-refractivity contribution < 1.29 is 9.50 Å². The fraction of sp³-hybridized carbons (Fsp3) is 0.214. The first kappa shape index (κ1) is 13.2. The summed E-state index contributed by atoms with van der Waals surface area (Å²) in [6.07, 6.45) is 1.59. The van der Waals surface area contributed by atoms with E-state index in [1.165, 1.54) is 6.07 Å². The van der Waals surface area contributed by atoms with Crippen LogP contribution < -0.4 is 0 Å². The summed E-state index contributed by atoms with van der Waals surface area (Å²) in [5.41, 5.74) is 1.73. The van der Waals surface area contributed by atoms with Crippen LogP contribution in [0.5, 0.6) is 5.75 Å². The number of nitrogens with zero attached hydrogens (tertiary/aromatic N) is 1. The Morgan fingerprint density at radius 1 is 1.18 bits per heavy atom. The third-order valence-corrected chi connectivity index (χ3v) is 2.22. The molecule has 2 aromatic rings. The van der Waals surface area contributed by atoms with Gasteiger partial charge in [0.25, 0.3) is 0 Å². The highest BCUT2D eigenvalue weighted by atomic mass is 19.1. The van der Waals surface area contributed by atoms with Crippen LogP contribution in [0.3, 0.4) is 0 Å². The highest BCUT2D eigenvalue weighted by molar-refractivity contribution is 5.66. The minimum atomic E-state index is -0.255. The molecule has 0 aliphatic heterocycles. The van der Waals surface area contributed by atoms with E-state index in [-0.39, 0.29) is 11.6 Å². The Morgan fingerprint density at radius 3 is 2.47 bits per heavy atom. The summed E-state index contributed by atoms with van der Waals surface area (Å²) >= 11 is 0. The van der Waals surface area contributed by atoms with Crippen molar-refractivity contribution in [3.8, 4) is 17.0 Å². The Morgan fingerprint density at radius 2 is 1.88 bits per heavy atom. The molecule has 0 unspecified atom stereocenters. The van der Waals surface area contributed by atoms with Gasteiger partial charge < -0.3 is 5.11 Å². The van der Waals surface area contributed by atoms with E-state index in [0.29, 0.717) is 16.8 Å². The number of benzene rings is 1. The highest BCUT2D eigenvalue weighted by Crippen LogP contribution is 2.27. The van der Waals surface area contributed by atoms with E-state index < -0.39 is 0 Å². The van der Waals surface area contributed by atoms with Crippen LogP contribution in [0.15, 0.2) is 36.5 Å². The van der Waals surface area contributed by atoms with Gasteiger partial charge >= 0.3 is 0 Å². The Kier molecular flexibility index (Phi) is 4.64. The van der Waals surface area contributed by atoms with Crippen LogP contribution in [0, 0.1) is 12.7 Å². The van der Waals surface area contributed by atoms with Crippen molar-refractivity contribution in [1.82, 2.24) is 4.98 Å². The topological polar surface area (TPSA) is 33.1 Å². The van der Waals surface area contributed by atoms with Crippen molar-refractivity contribution in [3.05, 3.63) is 47.9 Å². The first-order chi connectivity index (χ1) is 8.18. The monoisotopic (exact) mass is 233 g/mol. The van der Waals surface area contributed by atoms with E-state index in [1.807, 2.05) is 13.8 Å². The predicted octanol–water partition coefficient (Wildman–Crippen LogP) is 3.93. The Labute approximate surface area is 101 Å². The number of aromatic hydroxyl groups is 1. The molecule has 0 fully saturated rings. The standard InChI is InChI=1S/C12H10FNO.C2H6/c1-8-7-9(4-5-10(8)13)12-11(15)3-2-6-14-12;1-2/h2-7,15H,1H3;1-2H3. The van der Waals surface area contributed by atoms with Gasteiger partial charge in [0.15, 0.2) is 0 Å². The molecule has 0 aliphatic carbocycles.